The minimum atomic E-state index is -3.84. The van der Waals surface area contributed by atoms with E-state index in [1.165, 1.54) is 40.1 Å². The minimum absolute atomic E-state index is 0.0391. The highest BCUT2D eigenvalue weighted by Crippen LogP contribution is 2.33. The molecule has 1 saturated heterocycles. The number of thiocarbonyl (C=S) groups is 1. The van der Waals surface area contributed by atoms with E-state index in [1.54, 1.807) is 18.2 Å². The molecule has 1 fully saturated rings. The van der Waals surface area contributed by atoms with E-state index in [1.807, 2.05) is 24.4 Å². The highest BCUT2D eigenvalue weighted by molar-refractivity contribution is 8.26. The van der Waals surface area contributed by atoms with Crippen LogP contribution in [0, 0.1) is 6.92 Å². The molecular formula is C19H19N3O4S4. The number of nitrogens with one attached hydrogen (secondary N) is 2. The zero-order chi connectivity index (χ0) is 21.7. The fraction of sp³-hybridized carbons (Fsp3) is 0.211. The first-order valence-electron chi connectivity index (χ1n) is 8.92. The number of amides is 2. The molecule has 30 heavy (non-hydrogen) atoms. The second-order valence-electron chi connectivity index (χ2n) is 6.42. The van der Waals surface area contributed by atoms with E-state index in [2.05, 4.69) is 10.3 Å². The summed E-state index contributed by atoms with van der Waals surface area (Å²) in [7, 11) is -3.84. The summed E-state index contributed by atoms with van der Waals surface area (Å²) in [4.78, 5) is 29.6. The van der Waals surface area contributed by atoms with E-state index >= 15 is 0 Å². The predicted octanol–water partition coefficient (Wildman–Crippen LogP) is 3.05. The molecule has 2 aromatic rings. The summed E-state index contributed by atoms with van der Waals surface area (Å²) < 4.78 is 24.8. The van der Waals surface area contributed by atoms with Gasteiger partial charge in [-0.2, -0.15) is 0 Å². The van der Waals surface area contributed by atoms with Crippen LogP contribution >= 0.6 is 35.3 Å². The van der Waals surface area contributed by atoms with Crippen LogP contribution < -0.4 is 10.3 Å². The molecule has 0 unspecified atom stereocenters. The lowest BCUT2D eigenvalue weighted by Gasteiger charge is -2.14. The monoisotopic (exact) mass is 481 g/mol. The first-order valence-corrected chi connectivity index (χ1v) is 12.5. The van der Waals surface area contributed by atoms with Crippen LogP contribution in [0.1, 0.15) is 23.3 Å². The topological polar surface area (TPSA) is 95.6 Å². The molecule has 0 saturated carbocycles. The van der Waals surface area contributed by atoms with Crippen molar-refractivity contribution in [1.82, 2.24) is 15.2 Å². The molecule has 11 heteroatoms. The average molecular weight is 482 g/mol. The molecule has 1 aliphatic heterocycles. The van der Waals surface area contributed by atoms with Crippen molar-refractivity contribution < 1.29 is 18.0 Å². The number of hydrogen-bond acceptors (Lipinski definition) is 7. The first kappa shape index (κ1) is 22.6. The Morgan fingerprint density at radius 2 is 1.97 bits per heavy atom. The Morgan fingerprint density at radius 3 is 2.63 bits per heavy atom. The molecule has 1 aromatic heterocycles. The van der Waals surface area contributed by atoms with Crippen molar-refractivity contribution in [2.24, 2.45) is 0 Å². The number of thiophene rings is 1. The fourth-order valence-electron chi connectivity index (χ4n) is 2.56. The van der Waals surface area contributed by atoms with Crippen LogP contribution in [-0.2, 0) is 19.6 Å². The van der Waals surface area contributed by atoms with Gasteiger partial charge in [0, 0.05) is 17.8 Å². The summed E-state index contributed by atoms with van der Waals surface area (Å²) in [6, 6.07) is 10.1. The number of hydrogen-bond donors (Lipinski definition) is 2. The number of hydrazine groups is 1. The number of sulfonamides is 1. The molecule has 1 aromatic carbocycles. The lowest BCUT2D eigenvalue weighted by molar-refractivity contribution is -0.124. The van der Waals surface area contributed by atoms with Gasteiger partial charge < -0.3 is 0 Å². The second-order valence-corrected chi connectivity index (χ2v) is 10.8. The summed E-state index contributed by atoms with van der Waals surface area (Å²) in [6.07, 6.45) is 2.19. The number of thioether (sulfide) groups is 1. The van der Waals surface area contributed by atoms with Crippen LogP contribution in [0.3, 0.4) is 0 Å². The third-order valence-electron chi connectivity index (χ3n) is 4.13. The largest absolute Gasteiger partial charge is 0.293 e. The van der Waals surface area contributed by atoms with Crippen molar-refractivity contribution in [3.8, 4) is 0 Å². The molecule has 2 amide bonds. The molecule has 0 atom stereocenters. The summed E-state index contributed by atoms with van der Waals surface area (Å²) in [6.45, 7) is 2.13. The van der Waals surface area contributed by atoms with Gasteiger partial charge in [-0.3, -0.25) is 19.9 Å². The van der Waals surface area contributed by atoms with Crippen molar-refractivity contribution in [3.63, 3.8) is 0 Å². The number of benzene rings is 1. The van der Waals surface area contributed by atoms with Crippen LogP contribution in [0.4, 0.5) is 0 Å². The van der Waals surface area contributed by atoms with E-state index in [0.29, 0.717) is 15.6 Å². The number of carbonyl (C=O) groups is 2. The maximum absolute atomic E-state index is 12.5. The molecule has 2 N–H and O–H groups in total. The SMILES string of the molecule is Cc1ccc(S(=O)(=O)NNC(=O)CCCN2C(=O)/C(=C\c3cccs3)SC2=S)cc1. The summed E-state index contributed by atoms with van der Waals surface area (Å²) >= 11 is 8.04. The zero-order valence-corrected chi connectivity index (χ0v) is 19.2. The van der Waals surface area contributed by atoms with Gasteiger partial charge in [0.1, 0.15) is 4.32 Å². The Balaban J connectivity index is 1.47. The van der Waals surface area contributed by atoms with E-state index in [0.717, 1.165) is 10.4 Å². The molecule has 0 radical (unpaired) electrons. The predicted molar refractivity (Wildman–Crippen MR) is 123 cm³/mol. The van der Waals surface area contributed by atoms with E-state index in [-0.39, 0.29) is 23.8 Å². The molecule has 0 spiro atoms. The molecular weight excluding hydrogens is 462 g/mol. The Labute approximate surface area is 188 Å². The molecule has 3 rings (SSSR count). The van der Waals surface area contributed by atoms with Gasteiger partial charge in [-0.25, -0.2) is 8.42 Å². The van der Waals surface area contributed by atoms with Crippen molar-refractivity contribution in [1.29, 1.82) is 0 Å². The number of carbonyl (C=O) groups excluding carboxylic acids is 2. The number of rotatable bonds is 8. The van der Waals surface area contributed by atoms with Gasteiger partial charge >= 0.3 is 0 Å². The highest BCUT2D eigenvalue weighted by atomic mass is 32.2. The van der Waals surface area contributed by atoms with Crippen molar-refractivity contribution >= 4 is 67.6 Å². The van der Waals surface area contributed by atoms with Crippen molar-refractivity contribution in [2.45, 2.75) is 24.7 Å². The van der Waals surface area contributed by atoms with Gasteiger partial charge in [0.25, 0.3) is 15.9 Å². The van der Waals surface area contributed by atoms with E-state index in [4.69, 9.17) is 12.2 Å². The maximum Gasteiger partial charge on any atom is 0.266 e. The smallest absolute Gasteiger partial charge is 0.266 e. The fourth-order valence-corrected chi connectivity index (χ4v) is 5.45. The molecule has 0 bridgehead atoms. The molecule has 1 aliphatic rings. The normalized spacial score (nSPS) is 15.8. The highest BCUT2D eigenvalue weighted by Gasteiger charge is 2.31. The second kappa shape index (κ2) is 9.84. The quantitative estimate of drug-likeness (QED) is 0.342. The third-order valence-corrected chi connectivity index (χ3v) is 7.59. The minimum Gasteiger partial charge on any atom is -0.293 e. The molecule has 0 aliphatic carbocycles. The van der Waals surface area contributed by atoms with Crippen LogP contribution in [0.25, 0.3) is 6.08 Å². The maximum atomic E-state index is 12.5. The van der Waals surface area contributed by atoms with Crippen molar-refractivity contribution in [3.05, 3.63) is 57.1 Å². The van der Waals surface area contributed by atoms with Gasteiger partial charge in [-0.1, -0.05) is 47.7 Å². The van der Waals surface area contributed by atoms with Gasteiger partial charge in [-0.15, -0.1) is 16.2 Å². The van der Waals surface area contributed by atoms with Crippen LogP contribution in [0.15, 0.2) is 51.6 Å². The summed E-state index contributed by atoms with van der Waals surface area (Å²) in [5.41, 5.74) is 3.12. The van der Waals surface area contributed by atoms with E-state index in [9.17, 15) is 18.0 Å². The Morgan fingerprint density at radius 1 is 1.23 bits per heavy atom. The number of nitrogens with zero attached hydrogens (tertiary/aromatic N) is 1. The Hall–Kier alpha value is -2.05. The summed E-state index contributed by atoms with van der Waals surface area (Å²) in [5, 5.41) is 1.93. The third kappa shape index (κ3) is 5.76. The lowest BCUT2D eigenvalue weighted by Crippen LogP contribution is -2.41. The molecule has 2 heterocycles. The van der Waals surface area contributed by atoms with Gasteiger partial charge in [-0.05, 0) is 43.0 Å². The van der Waals surface area contributed by atoms with Crippen molar-refractivity contribution in [2.75, 3.05) is 6.54 Å². The van der Waals surface area contributed by atoms with Gasteiger partial charge in [0.15, 0.2) is 0 Å². The summed E-state index contributed by atoms with van der Waals surface area (Å²) in [5.74, 6) is -0.677. The van der Waals surface area contributed by atoms with Crippen LogP contribution in [0.5, 0.6) is 0 Å². The molecule has 158 valence electrons. The van der Waals surface area contributed by atoms with Gasteiger partial charge in [0.05, 0.1) is 9.80 Å². The van der Waals surface area contributed by atoms with Crippen LogP contribution in [0.2, 0.25) is 0 Å². The zero-order valence-electron chi connectivity index (χ0n) is 16.0. The lowest BCUT2D eigenvalue weighted by atomic mass is 10.2. The Kier molecular flexibility index (Phi) is 7.42. The van der Waals surface area contributed by atoms with Gasteiger partial charge in [0.2, 0.25) is 5.91 Å². The van der Waals surface area contributed by atoms with E-state index < -0.39 is 15.9 Å². The molecule has 7 nitrogen and oxygen atoms in total. The standard InChI is InChI=1S/C19H19N3O4S4/c1-13-6-8-15(9-7-13)30(25,26)21-20-17(23)5-2-10-22-18(24)16(29-19(22)27)12-14-4-3-11-28-14/h3-4,6-9,11-12,21H,2,5,10H2,1H3,(H,20,23)/b16-12+. The first-order chi connectivity index (χ1) is 14.3. The average Bonchev–Trinajstić information content (AvgIpc) is 3.30. The number of aryl methyl sites for hydroxylation is 1. The van der Waals surface area contributed by atoms with Crippen LogP contribution in [-0.4, -0.2) is 36.0 Å². The Bertz CT molecular complexity index is 1080.